The number of nitriles is 1. The van der Waals surface area contributed by atoms with Gasteiger partial charge in [-0.15, -0.1) is 11.3 Å². The molecular formula is C22H16Cl2N4O3S. The van der Waals surface area contributed by atoms with Crippen LogP contribution in [0.4, 0.5) is 16.5 Å². The van der Waals surface area contributed by atoms with Crippen LogP contribution in [0.2, 0.25) is 10.0 Å². The molecule has 0 radical (unpaired) electrons. The van der Waals surface area contributed by atoms with Crippen LogP contribution in [0.1, 0.15) is 12.6 Å². The van der Waals surface area contributed by atoms with Gasteiger partial charge in [0.2, 0.25) is 5.91 Å². The highest BCUT2D eigenvalue weighted by molar-refractivity contribution is 7.14. The number of carbonyl (C=O) groups excluding carboxylic acids is 2. The Morgan fingerprint density at radius 3 is 2.53 bits per heavy atom. The molecular weight excluding hydrogens is 471 g/mol. The molecule has 0 aliphatic carbocycles. The number of amides is 2. The number of benzene rings is 2. The minimum atomic E-state index is -0.648. The number of hydrogen-bond acceptors (Lipinski definition) is 6. The van der Waals surface area contributed by atoms with Gasteiger partial charge in [0, 0.05) is 17.3 Å². The maximum Gasteiger partial charge on any atom is 0.266 e. The van der Waals surface area contributed by atoms with Gasteiger partial charge in [-0.05, 0) is 48.5 Å². The van der Waals surface area contributed by atoms with Gasteiger partial charge in [0.05, 0.1) is 29.2 Å². The summed E-state index contributed by atoms with van der Waals surface area (Å²) in [6.07, 6.45) is 1.34. The first-order chi connectivity index (χ1) is 15.3. The molecule has 32 heavy (non-hydrogen) atoms. The van der Waals surface area contributed by atoms with Crippen molar-refractivity contribution in [3.63, 3.8) is 0 Å². The molecule has 3 rings (SSSR count). The Bertz CT molecular complexity index is 1230. The first-order valence-corrected chi connectivity index (χ1v) is 10.7. The molecule has 10 heteroatoms. The highest BCUT2D eigenvalue weighted by Crippen LogP contribution is 2.31. The monoisotopic (exact) mass is 486 g/mol. The molecule has 1 heterocycles. The summed E-state index contributed by atoms with van der Waals surface area (Å²) in [6, 6.07) is 13.4. The third kappa shape index (κ3) is 5.45. The number of carbonyl (C=O) groups is 2. The molecule has 162 valence electrons. The summed E-state index contributed by atoms with van der Waals surface area (Å²) >= 11 is 13.1. The molecule has 0 aliphatic heterocycles. The number of nitrogens with one attached hydrogen (secondary N) is 1. The number of halogens is 2. The lowest BCUT2D eigenvalue weighted by atomic mass is 10.2. The van der Waals surface area contributed by atoms with E-state index in [4.69, 9.17) is 27.9 Å². The van der Waals surface area contributed by atoms with Crippen LogP contribution in [-0.2, 0) is 9.59 Å². The molecule has 0 unspecified atom stereocenters. The van der Waals surface area contributed by atoms with Crippen molar-refractivity contribution in [3.8, 4) is 11.8 Å². The van der Waals surface area contributed by atoms with Crippen molar-refractivity contribution in [2.45, 2.75) is 6.92 Å². The van der Waals surface area contributed by atoms with Crippen LogP contribution in [0.5, 0.6) is 5.75 Å². The van der Waals surface area contributed by atoms with Gasteiger partial charge < -0.3 is 10.1 Å². The predicted octanol–water partition coefficient (Wildman–Crippen LogP) is 5.69. The van der Waals surface area contributed by atoms with E-state index in [1.54, 1.807) is 42.8 Å². The van der Waals surface area contributed by atoms with Crippen LogP contribution < -0.4 is 15.0 Å². The molecule has 0 fully saturated rings. The highest BCUT2D eigenvalue weighted by Gasteiger charge is 2.19. The fraction of sp³-hybridized carbons (Fsp3) is 0.0909. The molecule has 2 aromatic carbocycles. The quantitative estimate of drug-likeness (QED) is 0.356. The molecule has 1 N–H and O–H groups in total. The standard InChI is InChI=1S/C22H16Cl2N4O3S/c1-13(29)28(17-4-6-18(31-2)7-5-17)22-26-16(12-32-22)9-14(11-25)21(30)27-20-8-3-15(23)10-19(20)24/h3-10,12H,1-2H3,(H,27,30)/b14-9+. The Balaban J connectivity index is 1.84. The fourth-order valence-corrected chi connectivity index (χ4v) is 3.98. The highest BCUT2D eigenvalue weighted by atomic mass is 35.5. The Kier molecular flexibility index (Phi) is 7.49. The van der Waals surface area contributed by atoms with Crippen molar-refractivity contribution in [2.24, 2.45) is 0 Å². The Hall–Kier alpha value is -3.38. The Morgan fingerprint density at radius 2 is 1.94 bits per heavy atom. The SMILES string of the molecule is COc1ccc(N(C(C)=O)c2nc(/C=C(\C#N)C(=O)Nc3ccc(Cl)cc3Cl)cs2)cc1. The lowest BCUT2D eigenvalue weighted by molar-refractivity contribution is -0.116. The van der Waals surface area contributed by atoms with Gasteiger partial charge >= 0.3 is 0 Å². The van der Waals surface area contributed by atoms with Gasteiger partial charge in [0.1, 0.15) is 17.4 Å². The summed E-state index contributed by atoms with van der Waals surface area (Å²) < 4.78 is 5.15. The fourth-order valence-electron chi connectivity index (χ4n) is 2.68. The summed E-state index contributed by atoms with van der Waals surface area (Å²) in [5.74, 6) is -0.231. The van der Waals surface area contributed by atoms with Crippen LogP contribution in [0.15, 0.2) is 53.4 Å². The second kappa shape index (κ2) is 10.3. The lowest BCUT2D eigenvalue weighted by Crippen LogP contribution is -2.22. The molecule has 1 aromatic heterocycles. The minimum absolute atomic E-state index is 0.174. The van der Waals surface area contributed by atoms with Gasteiger partial charge in [-0.3, -0.25) is 14.5 Å². The smallest absolute Gasteiger partial charge is 0.266 e. The van der Waals surface area contributed by atoms with Gasteiger partial charge in [0.15, 0.2) is 5.13 Å². The number of hydrogen-bond donors (Lipinski definition) is 1. The first kappa shape index (κ1) is 23.3. The topological polar surface area (TPSA) is 95.3 Å². The average Bonchev–Trinajstić information content (AvgIpc) is 3.22. The second-order valence-electron chi connectivity index (χ2n) is 6.36. The van der Waals surface area contributed by atoms with E-state index in [-0.39, 0.29) is 16.5 Å². The molecule has 7 nitrogen and oxygen atoms in total. The van der Waals surface area contributed by atoms with E-state index in [2.05, 4.69) is 10.3 Å². The van der Waals surface area contributed by atoms with E-state index in [0.717, 1.165) is 0 Å². The average molecular weight is 487 g/mol. The summed E-state index contributed by atoms with van der Waals surface area (Å²) in [7, 11) is 1.56. The van der Waals surface area contributed by atoms with Crippen molar-refractivity contribution in [1.82, 2.24) is 4.98 Å². The third-order valence-corrected chi connectivity index (χ3v) is 5.58. The molecule has 3 aromatic rings. The molecule has 0 saturated carbocycles. The third-order valence-electron chi connectivity index (χ3n) is 4.18. The van der Waals surface area contributed by atoms with Crippen LogP contribution >= 0.6 is 34.5 Å². The summed E-state index contributed by atoms with van der Waals surface area (Å²) in [6.45, 7) is 1.42. The summed E-state index contributed by atoms with van der Waals surface area (Å²) in [4.78, 5) is 30.6. The molecule has 0 atom stereocenters. The molecule has 0 bridgehead atoms. The molecule has 0 spiro atoms. The van der Waals surface area contributed by atoms with Crippen LogP contribution in [-0.4, -0.2) is 23.9 Å². The number of nitrogens with zero attached hydrogens (tertiary/aromatic N) is 3. The van der Waals surface area contributed by atoms with Gasteiger partial charge in [0.25, 0.3) is 5.91 Å². The Morgan fingerprint density at radius 1 is 1.22 bits per heavy atom. The van der Waals surface area contributed by atoms with Crippen molar-refractivity contribution >= 4 is 68.9 Å². The first-order valence-electron chi connectivity index (χ1n) is 9.11. The summed E-state index contributed by atoms with van der Waals surface area (Å²) in [5, 5.41) is 14.7. The van der Waals surface area contributed by atoms with E-state index in [9.17, 15) is 14.9 Å². The van der Waals surface area contributed by atoms with E-state index < -0.39 is 5.91 Å². The number of ether oxygens (including phenoxy) is 1. The van der Waals surface area contributed by atoms with Crippen LogP contribution in [0, 0.1) is 11.3 Å². The van der Waals surface area contributed by atoms with Gasteiger partial charge in [-0.2, -0.15) is 5.26 Å². The maximum absolute atomic E-state index is 12.5. The zero-order valence-electron chi connectivity index (χ0n) is 16.9. The lowest BCUT2D eigenvalue weighted by Gasteiger charge is -2.18. The van der Waals surface area contributed by atoms with E-state index in [1.165, 1.54) is 41.4 Å². The Labute approximate surface area is 198 Å². The number of anilines is 3. The molecule has 2 amide bonds. The van der Waals surface area contributed by atoms with Crippen molar-refractivity contribution in [1.29, 1.82) is 5.26 Å². The minimum Gasteiger partial charge on any atom is -0.497 e. The molecule has 0 saturated heterocycles. The van der Waals surface area contributed by atoms with Crippen molar-refractivity contribution in [2.75, 3.05) is 17.3 Å². The predicted molar refractivity (Wildman–Crippen MR) is 127 cm³/mol. The number of rotatable bonds is 6. The largest absolute Gasteiger partial charge is 0.497 e. The zero-order chi connectivity index (χ0) is 23.3. The van der Waals surface area contributed by atoms with E-state index in [0.29, 0.717) is 33.0 Å². The van der Waals surface area contributed by atoms with Gasteiger partial charge in [-0.1, -0.05) is 23.2 Å². The number of thiazole rings is 1. The second-order valence-corrected chi connectivity index (χ2v) is 8.04. The number of methoxy groups -OCH3 is 1. The number of aromatic nitrogens is 1. The van der Waals surface area contributed by atoms with Crippen LogP contribution in [0.3, 0.4) is 0 Å². The molecule has 0 aliphatic rings. The van der Waals surface area contributed by atoms with E-state index >= 15 is 0 Å². The zero-order valence-corrected chi connectivity index (χ0v) is 19.3. The summed E-state index contributed by atoms with van der Waals surface area (Å²) in [5.41, 5.74) is 1.12. The van der Waals surface area contributed by atoms with Crippen LogP contribution in [0.25, 0.3) is 6.08 Å². The van der Waals surface area contributed by atoms with Crippen molar-refractivity contribution < 1.29 is 14.3 Å². The van der Waals surface area contributed by atoms with Crippen molar-refractivity contribution in [3.05, 3.63) is 69.2 Å². The van der Waals surface area contributed by atoms with E-state index in [1.807, 2.05) is 6.07 Å². The maximum atomic E-state index is 12.5. The normalized spacial score (nSPS) is 10.9. The van der Waals surface area contributed by atoms with Gasteiger partial charge in [-0.25, -0.2) is 4.98 Å².